The zero-order chi connectivity index (χ0) is 24.5. The second-order valence-electron chi connectivity index (χ2n) is 9.41. The van der Waals surface area contributed by atoms with Crippen molar-refractivity contribution in [2.75, 3.05) is 11.9 Å². The number of unbranched alkanes of at least 4 members (excludes halogenated alkanes) is 2. The van der Waals surface area contributed by atoms with Crippen LogP contribution in [0.15, 0.2) is 11.1 Å². The minimum atomic E-state index is -3.37. The molecule has 2 aromatic rings. The summed E-state index contributed by atoms with van der Waals surface area (Å²) in [5, 5.41) is 12.7. The Kier molecular flexibility index (Phi) is 7.97. The first kappa shape index (κ1) is 25.5. The van der Waals surface area contributed by atoms with Crippen molar-refractivity contribution in [1.82, 2.24) is 19.5 Å². The monoisotopic (exact) mass is 585 g/mol. The summed E-state index contributed by atoms with van der Waals surface area (Å²) in [7, 11) is 0. The fourth-order valence-electron chi connectivity index (χ4n) is 4.56. The van der Waals surface area contributed by atoms with Gasteiger partial charge in [-0.3, -0.25) is 0 Å². The maximum absolute atomic E-state index is 12.6. The SMILES string of the molecule is CCC[CH2][Sn]1([CH2]CCC)[O]C2[C@@H]([O]1)[C@@H](CO)O[C@H]2n1cnc2c(=O)[nH]c(NC(=O)C(C)C)nc21. The van der Waals surface area contributed by atoms with Gasteiger partial charge in [-0.25, -0.2) is 0 Å². The molecule has 2 aliphatic rings. The second-order valence-corrected chi connectivity index (χ2v) is 18.8. The Hall–Kier alpha value is -1.54. The standard InChI is InChI=1S/C14H17N5O6.2C4H9.Sn/c1-5(2)11(23)17-14-16-10-7(12(24)18-14)15-4-19(10)13-9(22)8(21)6(3-20)25-13;2*1-3-4-2;/h4-6,8-9,13,20H,3H2,1-2H3,(H2,16,17,18,23,24);2*1,3-4H2,2H3;/q-2;;;+2/t6-,8+,9?,13-;;;/m1.../s1. The Morgan fingerprint density at radius 1 is 1.24 bits per heavy atom. The summed E-state index contributed by atoms with van der Waals surface area (Å²) in [6.45, 7) is 7.64. The van der Waals surface area contributed by atoms with Gasteiger partial charge < -0.3 is 0 Å². The number of anilines is 1. The summed E-state index contributed by atoms with van der Waals surface area (Å²) in [5.41, 5.74) is -0.0385. The van der Waals surface area contributed by atoms with Crippen LogP contribution in [0.1, 0.15) is 59.6 Å². The van der Waals surface area contributed by atoms with Gasteiger partial charge >= 0.3 is 204 Å². The van der Waals surface area contributed by atoms with Gasteiger partial charge in [-0.2, -0.15) is 0 Å². The first-order valence-electron chi connectivity index (χ1n) is 12.2. The van der Waals surface area contributed by atoms with Crippen LogP contribution in [0.2, 0.25) is 8.87 Å². The molecule has 0 saturated carbocycles. The van der Waals surface area contributed by atoms with E-state index in [1.807, 2.05) is 0 Å². The van der Waals surface area contributed by atoms with E-state index in [1.165, 1.54) is 6.33 Å². The summed E-state index contributed by atoms with van der Waals surface area (Å²) in [4.78, 5) is 36.0. The van der Waals surface area contributed by atoms with Gasteiger partial charge in [0.25, 0.3) is 0 Å². The molecule has 4 heterocycles. The molecule has 0 aromatic carbocycles. The fraction of sp³-hybridized carbons (Fsp3) is 0.727. The summed E-state index contributed by atoms with van der Waals surface area (Å²) >= 11 is -3.37. The second kappa shape index (κ2) is 10.6. The predicted molar refractivity (Wildman–Crippen MR) is 128 cm³/mol. The summed E-state index contributed by atoms with van der Waals surface area (Å²) < 4.78 is 23.2. The number of hydrogen-bond acceptors (Lipinski definition) is 8. The van der Waals surface area contributed by atoms with E-state index in [1.54, 1.807) is 18.4 Å². The number of ether oxygens (including phenoxy) is 1. The van der Waals surface area contributed by atoms with Crippen molar-refractivity contribution in [2.45, 2.75) is 86.8 Å². The van der Waals surface area contributed by atoms with Crippen molar-refractivity contribution in [3.63, 3.8) is 0 Å². The number of nitrogens with one attached hydrogen (secondary N) is 2. The van der Waals surface area contributed by atoms with Crippen LogP contribution in [0.3, 0.4) is 0 Å². The van der Waals surface area contributed by atoms with Crippen LogP contribution in [0.25, 0.3) is 11.2 Å². The molecule has 11 nitrogen and oxygen atoms in total. The summed E-state index contributed by atoms with van der Waals surface area (Å²) in [5.74, 6) is -0.482. The summed E-state index contributed by atoms with van der Waals surface area (Å²) in [6, 6.07) is 0. The molecule has 2 aromatic heterocycles. The molecule has 4 atom stereocenters. The van der Waals surface area contributed by atoms with E-state index in [2.05, 4.69) is 34.1 Å². The number of amides is 1. The van der Waals surface area contributed by atoms with E-state index >= 15 is 0 Å². The Morgan fingerprint density at radius 3 is 2.53 bits per heavy atom. The Morgan fingerprint density at radius 2 is 1.91 bits per heavy atom. The van der Waals surface area contributed by atoms with E-state index in [4.69, 9.17) is 10.9 Å². The quantitative estimate of drug-likeness (QED) is 0.362. The number of fused-ring (bicyclic) bond motifs is 2. The Labute approximate surface area is 203 Å². The fourth-order valence-corrected chi connectivity index (χ4v) is 16.2. The third-order valence-corrected chi connectivity index (χ3v) is 16.8. The van der Waals surface area contributed by atoms with Gasteiger partial charge in [-0.05, 0) is 0 Å². The van der Waals surface area contributed by atoms with Gasteiger partial charge in [0, 0.05) is 0 Å². The molecule has 1 unspecified atom stereocenters. The van der Waals surface area contributed by atoms with Crippen LogP contribution < -0.4 is 10.9 Å². The van der Waals surface area contributed by atoms with Crippen LogP contribution in [0, 0.1) is 5.92 Å². The molecule has 34 heavy (non-hydrogen) atoms. The van der Waals surface area contributed by atoms with Crippen LogP contribution in [0.5, 0.6) is 0 Å². The van der Waals surface area contributed by atoms with Gasteiger partial charge in [0.15, 0.2) is 0 Å². The predicted octanol–water partition coefficient (Wildman–Crippen LogP) is 2.43. The normalized spacial score (nSPS) is 25.8. The molecule has 4 rings (SSSR count). The number of nitrogens with zero attached hydrogens (tertiary/aromatic N) is 3. The Bertz CT molecular complexity index is 1060. The third kappa shape index (κ3) is 4.90. The molecule has 0 bridgehead atoms. The van der Waals surface area contributed by atoms with Crippen molar-refractivity contribution >= 4 is 42.2 Å². The molecule has 0 spiro atoms. The van der Waals surface area contributed by atoms with Crippen LogP contribution >= 0.6 is 0 Å². The number of hydrogen-bond donors (Lipinski definition) is 3. The number of carbonyl (C=O) groups is 1. The van der Waals surface area contributed by atoms with E-state index in [9.17, 15) is 14.7 Å². The van der Waals surface area contributed by atoms with Crippen LogP contribution in [-0.2, 0) is 15.7 Å². The zero-order valence-electron chi connectivity index (χ0n) is 20.2. The van der Waals surface area contributed by atoms with Crippen molar-refractivity contribution < 1.29 is 20.8 Å². The average Bonchev–Trinajstić information content (AvgIpc) is 3.48. The number of rotatable bonds is 10. The zero-order valence-corrected chi connectivity index (χ0v) is 23.1. The number of aliphatic hydroxyl groups is 1. The van der Waals surface area contributed by atoms with E-state index < -0.39 is 43.2 Å². The Balaban J connectivity index is 1.68. The van der Waals surface area contributed by atoms with E-state index in [0.717, 1.165) is 34.6 Å². The van der Waals surface area contributed by atoms with Crippen molar-refractivity contribution in [3.05, 3.63) is 16.7 Å². The molecule has 0 aliphatic carbocycles. The van der Waals surface area contributed by atoms with Gasteiger partial charge in [0.05, 0.1) is 0 Å². The molecule has 2 aliphatic heterocycles. The third-order valence-electron chi connectivity index (χ3n) is 6.46. The first-order valence-corrected chi connectivity index (χ1v) is 18.6. The van der Waals surface area contributed by atoms with Crippen LogP contribution in [0.4, 0.5) is 5.95 Å². The van der Waals surface area contributed by atoms with Crippen LogP contribution in [-0.4, -0.2) is 74.7 Å². The average molecular weight is 584 g/mol. The van der Waals surface area contributed by atoms with E-state index in [0.29, 0.717) is 0 Å². The first-order chi connectivity index (χ1) is 16.3. The van der Waals surface area contributed by atoms with Gasteiger partial charge in [0.2, 0.25) is 0 Å². The van der Waals surface area contributed by atoms with Crippen molar-refractivity contribution in [1.29, 1.82) is 0 Å². The van der Waals surface area contributed by atoms with Gasteiger partial charge in [-0.1, -0.05) is 0 Å². The number of aromatic amines is 1. The van der Waals surface area contributed by atoms with Crippen molar-refractivity contribution in [2.24, 2.45) is 5.92 Å². The maximum atomic E-state index is 12.6. The number of H-pyrrole nitrogens is 1. The molecule has 188 valence electrons. The molecule has 3 N–H and O–H groups in total. The molecule has 12 heteroatoms. The van der Waals surface area contributed by atoms with Gasteiger partial charge in [-0.15, -0.1) is 0 Å². The molecule has 2 fully saturated rings. The topological polar surface area (TPSA) is 141 Å². The molecular formula is C22H35N5O6Sn. The number of imidazole rings is 1. The molecule has 2 saturated heterocycles. The van der Waals surface area contributed by atoms with Gasteiger partial charge in [0.1, 0.15) is 0 Å². The minimum absolute atomic E-state index is 0.0502. The number of aromatic nitrogens is 4. The number of carbonyl (C=O) groups excluding carboxylic acids is 1. The number of aliphatic hydroxyl groups excluding tert-OH is 1. The molecule has 1 amide bonds. The molecule has 0 radical (unpaired) electrons. The summed E-state index contributed by atoms with van der Waals surface area (Å²) in [6.07, 6.45) is 3.80. The van der Waals surface area contributed by atoms with E-state index in [-0.39, 0.29) is 41.6 Å². The van der Waals surface area contributed by atoms with Crippen molar-refractivity contribution in [3.8, 4) is 0 Å². The molecular weight excluding hydrogens is 549 g/mol.